The van der Waals surface area contributed by atoms with Crippen molar-refractivity contribution in [2.24, 2.45) is 0 Å². The van der Waals surface area contributed by atoms with E-state index in [1.165, 1.54) is 0 Å². The molecule has 2 nitrogen and oxygen atoms in total. The Morgan fingerprint density at radius 1 is 1.46 bits per heavy atom. The molecule has 0 amide bonds. The predicted octanol–water partition coefficient (Wildman–Crippen LogP) is 2.45. The number of halogens is 3. The van der Waals surface area contributed by atoms with Crippen molar-refractivity contribution < 1.29 is 22.7 Å². The maximum Gasteiger partial charge on any atom is 0.410 e. The Morgan fingerprint density at radius 2 is 2.08 bits per heavy atom. The van der Waals surface area contributed by atoms with Crippen LogP contribution in [0.4, 0.5) is 13.2 Å². The molecule has 0 fully saturated rings. The molecule has 0 aromatic heterocycles. The molecule has 0 saturated heterocycles. The average molecular weight is 196 g/mol. The van der Waals surface area contributed by atoms with Crippen molar-refractivity contribution in [3.8, 4) is 0 Å². The van der Waals surface area contributed by atoms with Crippen molar-refractivity contribution >= 4 is 5.97 Å². The monoisotopic (exact) mass is 196 g/mol. The van der Waals surface area contributed by atoms with Gasteiger partial charge in [0.2, 0.25) is 0 Å². The van der Waals surface area contributed by atoms with Crippen LogP contribution in [-0.2, 0) is 9.53 Å². The number of allylic oxidation sites excluding steroid dienone is 1. The molecule has 0 aromatic carbocycles. The van der Waals surface area contributed by atoms with Gasteiger partial charge < -0.3 is 4.74 Å². The van der Waals surface area contributed by atoms with Crippen LogP contribution < -0.4 is 0 Å². The number of carbonyl (C=O) groups is 1. The Morgan fingerprint density at radius 3 is 2.54 bits per heavy atom. The highest BCUT2D eigenvalue weighted by Crippen LogP contribution is 2.15. The molecule has 0 N–H and O–H groups in total. The zero-order valence-electron chi connectivity index (χ0n) is 7.23. The van der Waals surface area contributed by atoms with E-state index < -0.39 is 12.1 Å². The SMILES string of the molecule is CCCCOC(=O)/C=C/C(F)(F)F. The Hall–Kier alpha value is -1.00. The highest BCUT2D eigenvalue weighted by molar-refractivity contribution is 5.81. The first kappa shape index (κ1) is 12.0. The molecule has 0 spiro atoms. The van der Waals surface area contributed by atoms with Crippen LogP contribution in [0.25, 0.3) is 0 Å². The van der Waals surface area contributed by atoms with Gasteiger partial charge in [-0.2, -0.15) is 13.2 Å². The lowest BCUT2D eigenvalue weighted by Gasteiger charge is -2.00. The molecule has 0 unspecified atom stereocenters. The van der Waals surface area contributed by atoms with Crippen molar-refractivity contribution in [2.75, 3.05) is 6.61 Å². The Bertz CT molecular complexity index is 184. The molecule has 0 saturated carbocycles. The summed E-state index contributed by atoms with van der Waals surface area (Å²) in [6.45, 7) is 2.05. The van der Waals surface area contributed by atoms with E-state index in [0.29, 0.717) is 12.5 Å². The summed E-state index contributed by atoms with van der Waals surface area (Å²) in [5, 5.41) is 0. The molecule has 0 aliphatic carbocycles. The van der Waals surface area contributed by atoms with Crippen molar-refractivity contribution in [1.82, 2.24) is 0 Å². The van der Waals surface area contributed by atoms with Crippen LogP contribution in [0.3, 0.4) is 0 Å². The van der Waals surface area contributed by atoms with E-state index in [1.807, 2.05) is 6.92 Å². The summed E-state index contributed by atoms with van der Waals surface area (Å²) < 4.78 is 39.0. The highest BCUT2D eigenvalue weighted by atomic mass is 19.4. The summed E-state index contributed by atoms with van der Waals surface area (Å²) in [6.07, 6.45) is -2.72. The number of rotatable bonds is 4. The van der Waals surface area contributed by atoms with Crippen molar-refractivity contribution in [1.29, 1.82) is 0 Å². The van der Waals surface area contributed by atoms with Crippen LogP contribution in [0, 0.1) is 0 Å². The highest BCUT2D eigenvalue weighted by Gasteiger charge is 2.22. The van der Waals surface area contributed by atoms with Gasteiger partial charge in [-0.1, -0.05) is 13.3 Å². The number of ether oxygens (including phenoxy) is 1. The van der Waals surface area contributed by atoms with E-state index in [1.54, 1.807) is 0 Å². The van der Waals surface area contributed by atoms with Gasteiger partial charge in [-0.25, -0.2) is 4.79 Å². The van der Waals surface area contributed by atoms with Crippen molar-refractivity contribution in [2.45, 2.75) is 25.9 Å². The van der Waals surface area contributed by atoms with Crippen molar-refractivity contribution in [3.63, 3.8) is 0 Å². The molecule has 0 bridgehead atoms. The summed E-state index contributed by atoms with van der Waals surface area (Å²) in [7, 11) is 0. The number of alkyl halides is 3. The standard InChI is InChI=1S/C8H11F3O2/c1-2-3-6-13-7(12)4-5-8(9,10)11/h4-5H,2-3,6H2,1H3/b5-4+. The van der Waals surface area contributed by atoms with E-state index in [9.17, 15) is 18.0 Å². The fourth-order valence-electron chi connectivity index (χ4n) is 0.528. The van der Waals surface area contributed by atoms with Gasteiger partial charge >= 0.3 is 12.1 Å². The van der Waals surface area contributed by atoms with Crippen LogP contribution in [0.5, 0.6) is 0 Å². The fraction of sp³-hybridized carbons (Fsp3) is 0.625. The van der Waals surface area contributed by atoms with E-state index in [-0.39, 0.29) is 12.7 Å². The number of hydrogen-bond donors (Lipinski definition) is 0. The topological polar surface area (TPSA) is 26.3 Å². The number of unbranched alkanes of at least 4 members (excludes halogenated alkanes) is 1. The second kappa shape index (κ2) is 5.61. The Labute approximate surface area is 74.4 Å². The molecule has 0 aliphatic heterocycles. The third-order valence-corrected chi connectivity index (χ3v) is 1.15. The number of carbonyl (C=O) groups excluding carboxylic acids is 1. The first-order valence-electron chi connectivity index (χ1n) is 3.88. The number of esters is 1. The lowest BCUT2D eigenvalue weighted by Crippen LogP contribution is -2.06. The number of hydrogen-bond acceptors (Lipinski definition) is 2. The summed E-state index contributed by atoms with van der Waals surface area (Å²) in [5.41, 5.74) is 0. The van der Waals surface area contributed by atoms with Gasteiger partial charge in [-0.05, 0) is 6.42 Å². The lowest BCUT2D eigenvalue weighted by molar-refractivity contribution is -0.138. The summed E-state index contributed by atoms with van der Waals surface area (Å²) >= 11 is 0. The first-order chi connectivity index (χ1) is 5.95. The third-order valence-electron chi connectivity index (χ3n) is 1.15. The molecule has 0 atom stereocenters. The molecular weight excluding hydrogens is 185 g/mol. The second-order valence-electron chi connectivity index (χ2n) is 2.40. The van der Waals surface area contributed by atoms with Crippen LogP contribution in [0.15, 0.2) is 12.2 Å². The van der Waals surface area contributed by atoms with Gasteiger partial charge in [-0.15, -0.1) is 0 Å². The van der Waals surface area contributed by atoms with E-state index >= 15 is 0 Å². The maximum absolute atomic E-state index is 11.5. The van der Waals surface area contributed by atoms with E-state index in [4.69, 9.17) is 0 Å². The summed E-state index contributed by atoms with van der Waals surface area (Å²) in [6, 6.07) is 0. The van der Waals surface area contributed by atoms with Crippen LogP contribution in [0.2, 0.25) is 0 Å². The van der Waals surface area contributed by atoms with Gasteiger partial charge in [0.25, 0.3) is 0 Å². The molecule has 76 valence electrons. The zero-order chi connectivity index (χ0) is 10.3. The Balaban J connectivity index is 3.68. The maximum atomic E-state index is 11.5. The summed E-state index contributed by atoms with van der Waals surface area (Å²) in [5.74, 6) is -0.953. The van der Waals surface area contributed by atoms with Gasteiger partial charge in [0, 0.05) is 12.2 Å². The normalized spacial score (nSPS) is 12.0. The van der Waals surface area contributed by atoms with Crippen LogP contribution >= 0.6 is 0 Å². The largest absolute Gasteiger partial charge is 0.463 e. The molecular formula is C8H11F3O2. The predicted molar refractivity (Wildman–Crippen MR) is 41.1 cm³/mol. The minimum absolute atomic E-state index is 0.138. The van der Waals surface area contributed by atoms with E-state index in [2.05, 4.69) is 4.74 Å². The van der Waals surface area contributed by atoms with Gasteiger partial charge in [0.15, 0.2) is 0 Å². The molecule has 0 rings (SSSR count). The molecule has 0 heterocycles. The minimum atomic E-state index is -4.45. The fourth-order valence-corrected chi connectivity index (χ4v) is 0.528. The second-order valence-corrected chi connectivity index (χ2v) is 2.40. The Kier molecular flexibility index (Phi) is 5.18. The van der Waals surface area contributed by atoms with Gasteiger partial charge in [-0.3, -0.25) is 0 Å². The summed E-state index contributed by atoms with van der Waals surface area (Å²) in [4.78, 5) is 10.6. The molecule has 0 radical (unpaired) electrons. The van der Waals surface area contributed by atoms with Crippen LogP contribution in [-0.4, -0.2) is 18.8 Å². The molecule has 5 heteroatoms. The lowest BCUT2D eigenvalue weighted by atomic mass is 10.4. The van der Waals surface area contributed by atoms with Gasteiger partial charge in [0.05, 0.1) is 6.61 Å². The minimum Gasteiger partial charge on any atom is -0.463 e. The van der Waals surface area contributed by atoms with Gasteiger partial charge in [0.1, 0.15) is 0 Å². The molecule has 13 heavy (non-hydrogen) atoms. The quantitative estimate of drug-likeness (QED) is 0.392. The first-order valence-corrected chi connectivity index (χ1v) is 3.88. The smallest absolute Gasteiger partial charge is 0.410 e. The molecule has 0 aliphatic rings. The van der Waals surface area contributed by atoms with Crippen molar-refractivity contribution in [3.05, 3.63) is 12.2 Å². The zero-order valence-corrected chi connectivity index (χ0v) is 7.23. The average Bonchev–Trinajstić information content (AvgIpc) is 2.00. The van der Waals surface area contributed by atoms with Crippen LogP contribution in [0.1, 0.15) is 19.8 Å². The molecule has 0 aromatic rings. The third kappa shape index (κ3) is 8.91. The van der Waals surface area contributed by atoms with E-state index in [0.717, 1.165) is 6.42 Å².